The van der Waals surface area contributed by atoms with Crippen LogP contribution in [0.15, 0.2) is 42.6 Å². The molecule has 1 N–H and O–H groups in total. The molecule has 3 heteroatoms. The number of aryl methyl sites for hydroxylation is 1. The Morgan fingerprint density at radius 3 is 2.35 bits per heavy atom. The van der Waals surface area contributed by atoms with Crippen molar-refractivity contribution in [2.75, 3.05) is 5.32 Å². The van der Waals surface area contributed by atoms with E-state index in [0.29, 0.717) is 12.0 Å². The standard InChI is InChI=1S/C14H19N3/c1-11(2)14(12-7-5-4-6-8-12)15-13-9-10-17(3)16-13/h4-11,14H,1-3H3,(H,15,16). The Morgan fingerprint density at radius 2 is 1.82 bits per heavy atom. The molecule has 0 fully saturated rings. The van der Waals surface area contributed by atoms with Crippen molar-refractivity contribution in [1.82, 2.24) is 9.78 Å². The first-order chi connectivity index (χ1) is 8.16. The molecular formula is C14H19N3. The van der Waals surface area contributed by atoms with Gasteiger partial charge in [-0.25, -0.2) is 0 Å². The van der Waals surface area contributed by atoms with Gasteiger partial charge in [0.2, 0.25) is 0 Å². The molecule has 0 bridgehead atoms. The summed E-state index contributed by atoms with van der Waals surface area (Å²) < 4.78 is 1.81. The van der Waals surface area contributed by atoms with Crippen LogP contribution in [-0.4, -0.2) is 9.78 Å². The van der Waals surface area contributed by atoms with E-state index in [9.17, 15) is 0 Å². The Morgan fingerprint density at radius 1 is 1.12 bits per heavy atom. The molecule has 2 aromatic rings. The lowest BCUT2D eigenvalue weighted by Gasteiger charge is -2.22. The van der Waals surface area contributed by atoms with Gasteiger partial charge in [-0.15, -0.1) is 0 Å². The summed E-state index contributed by atoms with van der Waals surface area (Å²) in [6, 6.07) is 12.8. The second kappa shape index (κ2) is 5.04. The highest BCUT2D eigenvalue weighted by Gasteiger charge is 2.15. The molecule has 0 amide bonds. The highest BCUT2D eigenvalue weighted by atomic mass is 15.3. The number of aromatic nitrogens is 2. The van der Waals surface area contributed by atoms with Gasteiger partial charge >= 0.3 is 0 Å². The molecule has 0 saturated heterocycles. The van der Waals surface area contributed by atoms with E-state index in [0.717, 1.165) is 5.82 Å². The summed E-state index contributed by atoms with van der Waals surface area (Å²) in [5.74, 6) is 1.44. The second-order valence-electron chi connectivity index (χ2n) is 4.65. The number of anilines is 1. The van der Waals surface area contributed by atoms with Gasteiger partial charge in [-0.05, 0) is 11.5 Å². The molecule has 0 spiro atoms. The lowest BCUT2D eigenvalue weighted by atomic mass is 9.96. The number of hydrogen-bond acceptors (Lipinski definition) is 2. The molecular weight excluding hydrogens is 210 g/mol. The van der Waals surface area contributed by atoms with Crippen LogP contribution in [0.5, 0.6) is 0 Å². The van der Waals surface area contributed by atoms with Crippen LogP contribution in [0.25, 0.3) is 0 Å². The Hall–Kier alpha value is -1.77. The van der Waals surface area contributed by atoms with E-state index < -0.39 is 0 Å². The van der Waals surface area contributed by atoms with Crippen LogP contribution in [0.4, 0.5) is 5.82 Å². The van der Waals surface area contributed by atoms with Gasteiger partial charge in [0.15, 0.2) is 0 Å². The molecule has 90 valence electrons. The normalized spacial score (nSPS) is 12.7. The minimum absolute atomic E-state index is 0.297. The lowest BCUT2D eigenvalue weighted by Crippen LogP contribution is -2.17. The molecule has 1 unspecified atom stereocenters. The Kier molecular flexibility index (Phi) is 3.47. The van der Waals surface area contributed by atoms with Gasteiger partial charge in [-0.2, -0.15) is 5.10 Å². The number of benzene rings is 1. The number of nitrogens with one attached hydrogen (secondary N) is 1. The molecule has 0 radical (unpaired) electrons. The van der Waals surface area contributed by atoms with Crippen molar-refractivity contribution in [3.63, 3.8) is 0 Å². The van der Waals surface area contributed by atoms with Crippen molar-refractivity contribution in [2.24, 2.45) is 13.0 Å². The minimum atomic E-state index is 0.297. The fourth-order valence-corrected chi connectivity index (χ4v) is 1.95. The van der Waals surface area contributed by atoms with Gasteiger partial charge < -0.3 is 5.32 Å². The van der Waals surface area contributed by atoms with Crippen LogP contribution in [0.2, 0.25) is 0 Å². The molecule has 0 aliphatic rings. The highest BCUT2D eigenvalue weighted by molar-refractivity contribution is 5.37. The molecule has 1 aromatic carbocycles. The van der Waals surface area contributed by atoms with Crippen LogP contribution in [0.3, 0.4) is 0 Å². The van der Waals surface area contributed by atoms with Crippen LogP contribution in [0.1, 0.15) is 25.5 Å². The van der Waals surface area contributed by atoms with Crippen molar-refractivity contribution in [3.8, 4) is 0 Å². The first-order valence-electron chi connectivity index (χ1n) is 5.98. The largest absolute Gasteiger partial charge is 0.362 e. The van der Waals surface area contributed by atoms with Gasteiger partial charge in [-0.1, -0.05) is 44.2 Å². The maximum atomic E-state index is 4.36. The van der Waals surface area contributed by atoms with Crippen molar-refractivity contribution in [1.29, 1.82) is 0 Å². The Balaban J connectivity index is 2.19. The monoisotopic (exact) mass is 229 g/mol. The van der Waals surface area contributed by atoms with Crippen LogP contribution < -0.4 is 5.32 Å². The highest BCUT2D eigenvalue weighted by Crippen LogP contribution is 2.25. The SMILES string of the molecule is CC(C)C(Nc1ccn(C)n1)c1ccccc1. The average molecular weight is 229 g/mol. The van der Waals surface area contributed by atoms with E-state index in [-0.39, 0.29) is 0 Å². The third-order valence-corrected chi connectivity index (χ3v) is 2.84. The van der Waals surface area contributed by atoms with E-state index in [4.69, 9.17) is 0 Å². The zero-order valence-corrected chi connectivity index (χ0v) is 10.6. The zero-order chi connectivity index (χ0) is 12.3. The topological polar surface area (TPSA) is 29.9 Å². The van der Waals surface area contributed by atoms with Crippen LogP contribution >= 0.6 is 0 Å². The van der Waals surface area contributed by atoms with Gasteiger partial charge in [0.05, 0.1) is 6.04 Å². The van der Waals surface area contributed by atoms with Gasteiger partial charge in [0.1, 0.15) is 5.82 Å². The first-order valence-corrected chi connectivity index (χ1v) is 5.98. The predicted octanol–water partition coefficient (Wildman–Crippen LogP) is 3.23. The molecule has 0 saturated carbocycles. The summed E-state index contributed by atoms with van der Waals surface area (Å²) in [4.78, 5) is 0. The summed E-state index contributed by atoms with van der Waals surface area (Å²) in [5.41, 5.74) is 1.30. The Bertz CT molecular complexity index is 459. The molecule has 1 atom stereocenters. The van der Waals surface area contributed by atoms with E-state index in [1.54, 1.807) is 0 Å². The van der Waals surface area contributed by atoms with Crippen molar-refractivity contribution >= 4 is 5.82 Å². The quantitative estimate of drug-likeness (QED) is 0.872. The van der Waals surface area contributed by atoms with E-state index in [2.05, 4.69) is 48.5 Å². The van der Waals surface area contributed by atoms with Crippen molar-refractivity contribution in [2.45, 2.75) is 19.9 Å². The van der Waals surface area contributed by atoms with Crippen molar-refractivity contribution < 1.29 is 0 Å². The van der Waals surface area contributed by atoms with Gasteiger partial charge in [0.25, 0.3) is 0 Å². The summed E-state index contributed by atoms with van der Waals surface area (Å²) in [6.45, 7) is 4.43. The predicted molar refractivity (Wildman–Crippen MR) is 70.9 cm³/mol. The third kappa shape index (κ3) is 2.87. The summed E-state index contributed by atoms with van der Waals surface area (Å²) in [7, 11) is 1.93. The van der Waals surface area contributed by atoms with E-state index >= 15 is 0 Å². The average Bonchev–Trinajstić information content (AvgIpc) is 2.73. The summed E-state index contributed by atoms with van der Waals surface area (Å²) in [6.07, 6.45) is 1.95. The molecule has 3 nitrogen and oxygen atoms in total. The minimum Gasteiger partial charge on any atom is -0.362 e. The maximum Gasteiger partial charge on any atom is 0.148 e. The fourth-order valence-electron chi connectivity index (χ4n) is 1.95. The summed E-state index contributed by atoms with van der Waals surface area (Å²) in [5, 5.41) is 7.85. The number of hydrogen-bond donors (Lipinski definition) is 1. The molecule has 2 rings (SSSR count). The molecule has 0 aliphatic carbocycles. The van der Waals surface area contributed by atoms with E-state index in [1.807, 2.05) is 30.1 Å². The number of rotatable bonds is 4. The molecule has 1 aromatic heterocycles. The third-order valence-electron chi connectivity index (χ3n) is 2.84. The van der Waals surface area contributed by atoms with E-state index in [1.165, 1.54) is 5.56 Å². The molecule has 0 aliphatic heterocycles. The zero-order valence-electron chi connectivity index (χ0n) is 10.6. The fraction of sp³-hybridized carbons (Fsp3) is 0.357. The van der Waals surface area contributed by atoms with Crippen LogP contribution in [0, 0.1) is 5.92 Å². The summed E-state index contributed by atoms with van der Waals surface area (Å²) >= 11 is 0. The second-order valence-corrected chi connectivity index (χ2v) is 4.65. The molecule has 17 heavy (non-hydrogen) atoms. The van der Waals surface area contributed by atoms with Crippen molar-refractivity contribution in [3.05, 3.63) is 48.2 Å². The number of nitrogens with zero attached hydrogens (tertiary/aromatic N) is 2. The van der Waals surface area contributed by atoms with Crippen LogP contribution in [-0.2, 0) is 7.05 Å². The Labute approximate surface area is 102 Å². The molecule has 1 heterocycles. The maximum absolute atomic E-state index is 4.36. The van der Waals surface area contributed by atoms with Gasteiger partial charge in [0, 0.05) is 19.3 Å². The smallest absolute Gasteiger partial charge is 0.148 e. The first kappa shape index (κ1) is 11.7. The van der Waals surface area contributed by atoms with Gasteiger partial charge in [-0.3, -0.25) is 4.68 Å². The lowest BCUT2D eigenvalue weighted by molar-refractivity contribution is 0.543.